The number of amides is 1. The van der Waals surface area contributed by atoms with Crippen LogP contribution in [0.25, 0.3) is 10.9 Å². The molecule has 2 aliphatic rings. The van der Waals surface area contributed by atoms with Crippen LogP contribution in [0.1, 0.15) is 33.2 Å². The molecule has 3 aromatic carbocycles. The summed E-state index contributed by atoms with van der Waals surface area (Å²) in [6, 6.07) is 18.1. The first-order valence-corrected chi connectivity index (χ1v) is 13.3. The second kappa shape index (κ2) is 10.7. The molecule has 0 saturated carbocycles. The van der Waals surface area contributed by atoms with E-state index in [1.54, 1.807) is 30.5 Å². The SMILES string of the molecule is O=C(NCc1ccc(Cl)cc1)c1cn2c3c(cc(CN4CCOCC4)cc3c1=O)OC(c1ccccc1O)C2. The molecule has 8 nitrogen and oxygen atoms in total. The smallest absolute Gasteiger partial charge is 0.257 e. The van der Waals surface area contributed by atoms with Gasteiger partial charge in [0.05, 0.1) is 30.7 Å². The molecule has 0 spiro atoms. The fourth-order valence-corrected chi connectivity index (χ4v) is 5.36. The fraction of sp³-hybridized carbons (Fsp3) is 0.267. The maximum absolute atomic E-state index is 13.7. The normalized spacial score (nSPS) is 17.1. The zero-order valence-corrected chi connectivity index (χ0v) is 22.0. The number of para-hydroxylation sites is 1. The van der Waals surface area contributed by atoms with E-state index < -0.39 is 12.0 Å². The lowest BCUT2D eigenvalue weighted by molar-refractivity contribution is 0.0341. The van der Waals surface area contributed by atoms with Gasteiger partial charge in [-0.15, -0.1) is 0 Å². The topological polar surface area (TPSA) is 93.0 Å². The van der Waals surface area contributed by atoms with Crippen molar-refractivity contribution in [2.45, 2.75) is 25.7 Å². The number of halogens is 1. The zero-order valence-electron chi connectivity index (χ0n) is 21.2. The molecule has 39 heavy (non-hydrogen) atoms. The van der Waals surface area contributed by atoms with Gasteiger partial charge < -0.3 is 24.5 Å². The zero-order chi connectivity index (χ0) is 26.9. The molecule has 1 saturated heterocycles. The summed E-state index contributed by atoms with van der Waals surface area (Å²) in [4.78, 5) is 29.2. The number of aromatic nitrogens is 1. The number of aromatic hydroxyl groups is 1. The predicted molar refractivity (Wildman–Crippen MR) is 148 cm³/mol. The molecule has 0 bridgehead atoms. The van der Waals surface area contributed by atoms with Crippen molar-refractivity contribution < 1.29 is 19.4 Å². The number of hydrogen-bond donors (Lipinski definition) is 2. The highest BCUT2D eigenvalue weighted by atomic mass is 35.5. The third-order valence-corrected chi connectivity index (χ3v) is 7.48. The number of pyridine rings is 1. The maximum Gasteiger partial charge on any atom is 0.257 e. The molecule has 0 aliphatic carbocycles. The molecule has 4 aromatic rings. The lowest BCUT2D eigenvalue weighted by Gasteiger charge is -2.31. The van der Waals surface area contributed by atoms with Gasteiger partial charge in [0.2, 0.25) is 5.43 Å². The van der Waals surface area contributed by atoms with E-state index >= 15 is 0 Å². The molecule has 200 valence electrons. The molecule has 9 heteroatoms. The van der Waals surface area contributed by atoms with Crippen LogP contribution in [0.5, 0.6) is 11.5 Å². The Labute approximate surface area is 230 Å². The Morgan fingerprint density at radius 1 is 1.05 bits per heavy atom. The monoisotopic (exact) mass is 545 g/mol. The van der Waals surface area contributed by atoms with Crippen molar-refractivity contribution in [3.8, 4) is 11.5 Å². The minimum Gasteiger partial charge on any atom is -0.508 e. The van der Waals surface area contributed by atoms with E-state index in [0.717, 1.165) is 24.2 Å². The largest absolute Gasteiger partial charge is 0.508 e. The van der Waals surface area contributed by atoms with Crippen LogP contribution < -0.4 is 15.5 Å². The van der Waals surface area contributed by atoms with Gasteiger partial charge >= 0.3 is 0 Å². The van der Waals surface area contributed by atoms with E-state index in [4.69, 9.17) is 21.1 Å². The lowest BCUT2D eigenvalue weighted by Crippen LogP contribution is -2.35. The van der Waals surface area contributed by atoms with Gasteiger partial charge in [-0.1, -0.05) is 41.9 Å². The van der Waals surface area contributed by atoms with E-state index in [9.17, 15) is 14.7 Å². The maximum atomic E-state index is 13.7. The lowest BCUT2D eigenvalue weighted by atomic mass is 10.0. The van der Waals surface area contributed by atoms with Crippen LogP contribution in [-0.2, 0) is 24.4 Å². The number of nitrogens with one attached hydrogen (secondary N) is 1. The first-order valence-electron chi connectivity index (χ1n) is 12.9. The van der Waals surface area contributed by atoms with Gasteiger partial charge in [0.1, 0.15) is 23.2 Å². The molecular formula is C30H28ClN3O5. The van der Waals surface area contributed by atoms with Crippen LogP contribution in [0.15, 0.2) is 71.7 Å². The number of morpholine rings is 1. The van der Waals surface area contributed by atoms with Gasteiger partial charge in [0, 0.05) is 43.0 Å². The summed E-state index contributed by atoms with van der Waals surface area (Å²) < 4.78 is 13.8. The summed E-state index contributed by atoms with van der Waals surface area (Å²) in [7, 11) is 0. The molecule has 3 heterocycles. The minimum absolute atomic E-state index is 0.0591. The van der Waals surface area contributed by atoms with E-state index in [-0.39, 0.29) is 23.3 Å². The second-order valence-electron chi connectivity index (χ2n) is 9.88. The van der Waals surface area contributed by atoms with Crippen molar-refractivity contribution in [3.05, 3.63) is 104 Å². The minimum atomic E-state index is -0.493. The molecule has 1 amide bonds. The van der Waals surface area contributed by atoms with Crippen LogP contribution >= 0.6 is 11.6 Å². The van der Waals surface area contributed by atoms with Crippen molar-refractivity contribution in [1.82, 2.24) is 14.8 Å². The van der Waals surface area contributed by atoms with Gasteiger partial charge in [-0.05, 0) is 41.5 Å². The van der Waals surface area contributed by atoms with Crippen LogP contribution in [0, 0.1) is 0 Å². The van der Waals surface area contributed by atoms with Gasteiger partial charge in [-0.3, -0.25) is 14.5 Å². The molecule has 1 fully saturated rings. The van der Waals surface area contributed by atoms with Crippen molar-refractivity contribution >= 4 is 28.4 Å². The molecule has 1 atom stereocenters. The molecule has 2 N–H and O–H groups in total. The van der Waals surface area contributed by atoms with Crippen molar-refractivity contribution in [1.29, 1.82) is 0 Å². The number of carbonyl (C=O) groups excluding carboxylic acids is 1. The average molecular weight is 546 g/mol. The average Bonchev–Trinajstić information content (AvgIpc) is 2.95. The van der Waals surface area contributed by atoms with Crippen LogP contribution in [-0.4, -0.2) is 46.8 Å². The summed E-state index contributed by atoms with van der Waals surface area (Å²) in [5, 5.41) is 14.4. The number of ether oxygens (including phenoxy) is 2. The third kappa shape index (κ3) is 5.23. The van der Waals surface area contributed by atoms with Crippen molar-refractivity contribution in [2.75, 3.05) is 26.3 Å². The highest BCUT2D eigenvalue weighted by molar-refractivity contribution is 6.30. The predicted octanol–water partition coefficient (Wildman–Crippen LogP) is 4.26. The first-order chi connectivity index (χ1) is 19.0. The number of rotatable bonds is 6. The first kappa shape index (κ1) is 25.4. The number of nitrogens with zero attached hydrogens (tertiary/aromatic N) is 2. The van der Waals surface area contributed by atoms with Crippen molar-refractivity contribution in [3.63, 3.8) is 0 Å². The molecular weight excluding hydrogens is 518 g/mol. The van der Waals surface area contributed by atoms with Gasteiger partial charge in [0.25, 0.3) is 5.91 Å². The number of phenols is 1. The molecule has 2 aliphatic heterocycles. The Morgan fingerprint density at radius 2 is 1.82 bits per heavy atom. The molecule has 1 aromatic heterocycles. The third-order valence-electron chi connectivity index (χ3n) is 7.23. The number of benzene rings is 3. The highest BCUT2D eigenvalue weighted by Crippen LogP contribution is 2.38. The number of phenolic OH excluding ortho intramolecular Hbond substituents is 1. The van der Waals surface area contributed by atoms with Crippen LogP contribution in [0.4, 0.5) is 0 Å². The van der Waals surface area contributed by atoms with Gasteiger partial charge in [-0.2, -0.15) is 0 Å². The van der Waals surface area contributed by atoms with Crippen LogP contribution in [0.3, 0.4) is 0 Å². The van der Waals surface area contributed by atoms with E-state index in [1.807, 2.05) is 41.0 Å². The molecule has 0 radical (unpaired) electrons. The van der Waals surface area contributed by atoms with Gasteiger partial charge in [0.15, 0.2) is 0 Å². The van der Waals surface area contributed by atoms with Crippen LogP contribution in [0.2, 0.25) is 5.02 Å². The highest BCUT2D eigenvalue weighted by Gasteiger charge is 2.28. The van der Waals surface area contributed by atoms with Crippen molar-refractivity contribution in [2.24, 2.45) is 0 Å². The Kier molecular flexibility index (Phi) is 6.99. The molecule has 6 rings (SSSR count). The summed E-state index contributed by atoms with van der Waals surface area (Å²) in [5.74, 6) is 0.237. The summed E-state index contributed by atoms with van der Waals surface area (Å²) in [6.45, 7) is 4.15. The number of hydrogen-bond acceptors (Lipinski definition) is 6. The van der Waals surface area contributed by atoms with E-state index in [0.29, 0.717) is 53.5 Å². The van der Waals surface area contributed by atoms with E-state index in [2.05, 4.69) is 10.2 Å². The van der Waals surface area contributed by atoms with Gasteiger partial charge in [-0.25, -0.2) is 0 Å². The standard InChI is InChI=1S/C30H28ClN3O5/c31-21-7-5-19(6-8-21)15-32-30(37)24-17-34-18-27(22-3-1-2-4-25(22)35)39-26-14-20(13-23(28(26)34)29(24)36)16-33-9-11-38-12-10-33/h1-8,13-14,17,27,35H,9-12,15-16,18H2,(H,32,37). The Bertz CT molecular complexity index is 1600. The quantitative estimate of drug-likeness (QED) is 0.376. The Hall–Kier alpha value is -3.85. The molecule has 1 unspecified atom stereocenters. The summed E-state index contributed by atoms with van der Waals surface area (Å²) in [6.07, 6.45) is 1.11. The summed E-state index contributed by atoms with van der Waals surface area (Å²) >= 11 is 5.97. The summed E-state index contributed by atoms with van der Waals surface area (Å²) in [5.41, 5.74) is 2.79. The Morgan fingerprint density at radius 3 is 2.59 bits per heavy atom. The number of carbonyl (C=O) groups is 1. The second-order valence-corrected chi connectivity index (χ2v) is 10.3. The van der Waals surface area contributed by atoms with E-state index in [1.165, 1.54) is 0 Å². The Balaban J connectivity index is 1.40. The fourth-order valence-electron chi connectivity index (χ4n) is 5.23.